The lowest BCUT2D eigenvalue weighted by molar-refractivity contribution is -0.133. The summed E-state index contributed by atoms with van der Waals surface area (Å²) < 4.78 is 0. The van der Waals surface area contributed by atoms with Gasteiger partial charge in [-0.15, -0.1) is 0 Å². The molecule has 37 heavy (non-hydrogen) atoms. The molecule has 0 saturated carbocycles. The monoisotopic (exact) mass is 496 g/mol. The molecule has 3 aromatic rings. The van der Waals surface area contributed by atoms with E-state index >= 15 is 0 Å². The second kappa shape index (κ2) is 9.54. The number of nitrogens with zero attached hydrogens (tertiary/aromatic N) is 1. The molecule has 0 radical (unpaired) electrons. The zero-order valence-electron chi connectivity index (χ0n) is 20.8. The van der Waals surface area contributed by atoms with Crippen LogP contribution >= 0.6 is 0 Å². The summed E-state index contributed by atoms with van der Waals surface area (Å²) in [5.74, 6) is -1.46. The molecule has 2 aliphatic rings. The second-order valence-electron chi connectivity index (χ2n) is 9.70. The van der Waals surface area contributed by atoms with Crippen LogP contribution in [0.3, 0.4) is 0 Å². The maximum Gasteiger partial charge on any atom is 0.325 e. The highest BCUT2D eigenvalue weighted by molar-refractivity contribution is 6.12. The van der Waals surface area contributed by atoms with Gasteiger partial charge < -0.3 is 16.0 Å². The Morgan fingerprint density at radius 2 is 1.73 bits per heavy atom. The van der Waals surface area contributed by atoms with E-state index in [1.165, 1.54) is 11.1 Å². The molecule has 1 aliphatic carbocycles. The summed E-state index contributed by atoms with van der Waals surface area (Å²) in [5.41, 5.74) is 4.09. The Labute approximate surface area is 215 Å². The summed E-state index contributed by atoms with van der Waals surface area (Å²) in [6.45, 7) is 3.11. The number of carbonyl (C=O) groups excluding carboxylic acids is 4. The van der Waals surface area contributed by atoms with Crippen LogP contribution in [0.2, 0.25) is 0 Å². The predicted octanol–water partition coefficient (Wildman–Crippen LogP) is 4.14. The van der Waals surface area contributed by atoms with E-state index in [4.69, 9.17) is 0 Å². The Bertz CT molecular complexity index is 1430. The molecule has 188 valence electrons. The van der Waals surface area contributed by atoms with E-state index in [1.807, 2.05) is 43.3 Å². The molecule has 8 nitrogen and oxygen atoms in total. The van der Waals surface area contributed by atoms with Crippen LogP contribution in [0.5, 0.6) is 0 Å². The fraction of sp³-hybridized carbons (Fsp3) is 0.241. The highest BCUT2D eigenvalue weighted by Gasteiger charge is 2.49. The number of amides is 5. The van der Waals surface area contributed by atoms with Gasteiger partial charge in [0, 0.05) is 5.69 Å². The third-order valence-electron chi connectivity index (χ3n) is 6.97. The minimum atomic E-state index is -1.25. The number of nitrogens with one attached hydrogen (secondary N) is 3. The lowest BCUT2D eigenvalue weighted by atomic mass is 9.89. The molecule has 3 N–H and O–H groups in total. The first-order valence-corrected chi connectivity index (χ1v) is 12.3. The average Bonchev–Trinajstić information content (AvgIpc) is 3.42. The van der Waals surface area contributed by atoms with E-state index in [1.54, 1.807) is 37.3 Å². The van der Waals surface area contributed by atoms with Crippen molar-refractivity contribution in [1.29, 1.82) is 0 Å². The van der Waals surface area contributed by atoms with Crippen molar-refractivity contribution in [3.8, 4) is 0 Å². The van der Waals surface area contributed by atoms with Crippen molar-refractivity contribution < 1.29 is 19.2 Å². The molecule has 8 heteroatoms. The molecule has 1 aliphatic heterocycles. The SMILES string of the molecule is Cc1cccc(NC(=O)c2ccccc2NC(=O)CN2C(=O)N[C@@](C)(c3ccc4c(c3)CCC4)C2=O)c1. The number of urea groups is 1. The topological polar surface area (TPSA) is 108 Å². The fourth-order valence-corrected chi connectivity index (χ4v) is 4.96. The molecule has 0 bridgehead atoms. The van der Waals surface area contributed by atoms with Gasteiger partial charge in [-0.25, -0.2) is 4.79 Å². The van der Waals surface area contributed by atoms with Crippen LogP contribution in [0.1, 0.15) is 46.0 Å². The minimum absolute atomic E-state index is 0.262. The van der Waals surface area contributed by atoms with Crippen LogP contribution < -0.4 is 16.0 Å². The minimum Gasteiger partial charge on any atom is -0.324 e. The highest BCUT2D eigenvalue weighted by Crippen LogP contribution is 2.32. The number of aryl methyl sites for hydroxylation is 3. The van der Waals surface area contributed by atoms with Gasteiger partial charge in [0.15, 0.2) is 0 Å². The number of imide groups is 1. The molecule has 5 amide bonds. The first-order valence-electron chi connectivity index (χ1n) is 12.3. The number of anilines is 2. The van der Waals surface area contributed by atoms with E-state index in [9.17, 15) is 19.2 Å². The molecule has 3 aromatic carbocycles. The summed E-state index contributed by atoms with van der Waals surface area (Å²) >= 11 is 0. The summed E-state index contributed by atoms with van der Waals surface area (Å²) in [6.07, 6.45) is 3.04. The average molecular weight is 497 g/mol. The molecule has 0 unspecified atom stereocenters. The number of rotatable bonds is 6. The van der Waals surface area contributed by atoms with Crippen molar-refractivity contribution in [2.75, 3.05) is 17.2 Å². The zero-order valence-corrected chi connectivity index (χ0v) is 20.8. The van der Waals surface area contributed by atoms with Gasteiger partial charge in [-0.3, -0.25) is 19.3 Å². The van der Waals surface area contributed by atoms with E-state index in [0.717, 1.165) is 29.7 Å². The number of carbonyl (C=O) groups is 4. The molecule has 1 fully saturated rings. The third-order valence-corrected chi connectivity index (χ3v) is 6.97. The highest BCUT2D eigenvalue weighted by atomic mass is 16.2. The van der Waals surface area contributed by atoms with Gasteiger partial charge in [-0.05, 0) is 79.6 Å². The van der Waals surface area contributed by atoms with Gasteiger partial charge in [0.05, 0.1) is 11.3 Å². The standard InChI is InChI=1S/C29H28N4O4/c1-18-7-5-10-22(15-18)30-26(35)23-11-3-4-12-24(23)31-25(34)17-33-27(36)29(2,32-28(33)37)21-14-13-19-8-6-9-20(19)16-21/h3-5,7,10-16H,6,8-9,17H2,1-2H3,(H,30,35)(H,31,34)(H,32,37)/t29-/m0/s1. The van der Waals surface area contributed by atoms with Crippen LogP contribution in [0.15, 0.2) is 66.7 Å². The zero-order chi connectivity index (χ0) is 26.2. The van der Waals surface area contributed by atoms with Gasteiger partial charge in [-0.1, -0.05) is 42.5 Å². The molecule has 1 atom stereocenters. The Balaban J connectivity index is 1.29. The molecule has 1 heterocycles. The normalized spacial score (nSPS) is 18.4. The summed E-state index contributed by atoms with van der Waals surface area (Å²) in [7, 11) is 0. The van der Waals surface area contributed by atoms with Gasteiger partial charge in [-0.2, -0.15) is 0 Å². The molecule has 1 saturated heterocycles. The van der Waals surface area contributed by atoms with Crippen molar-refractivity contribution in [3.05, 3.63) is 94.5 Å². The van der Waals surface area contributed by atoms with E-state index in [0.29, 0.717) is 11.3 Å². The summed E-state index contributed by atoms with van der Waals surface area (Å²) in [5, 5.41) is 8.27. The van der Waals surface area contributed by atoms with E-state index in [2.05, 4.69) is 16.0 Å². The largest absolute Gasteiger partial charge is 0.325 e. The van der Waals surface area contributed by atoms with Crippen LogP contribution in [0, 0.1) is 6.92 Å². The van der Waals surface area contributed by atoms with Crippen LogP contribution in [0.4, 0.5) is 16.2 Å². The second-order valence-corrected chi connectivity index (χ2v) is 9.70. The first kappa shape index (κ1) is 24.2. The van der Waals surface area contributed by atoms with Crippen LogP contribution in [-0.2, 0) is 28.0 Å². The van der Waals surface area contributed by atoms with Gasteiger partial charge in [0.2, 0.25) is 5.91 Å². The summed E-state index contributed by atoms with van der Waals surface area (Å²) in [6, 6.07) is 19.2. The smallest absolute Gasteiger partial charge is 0.324 e. The van der Waals surface area contributed by atoms with Crippen LogP contribution in [0.25, 0.3) is 0 Å². The van der Waals surface area contributed by atoms with Crippen molar-refractivity contribution in [2.45, 2.75) is 38.6 Å². The van der Waals surface area contributed by atoms with Crippen molar-refractivity contribution in [3.63, 3.8) is 0 Å². The third kappa shape index (κ3) is 4.70. The lowest BCUT2D eigenvalue weighted by Crippen LogP contribution is -2.42. The maximum atomic E-state index is 13.3. The van der Waals surface area contributed by atoms with E-state index in [-0.39, 0.29) is 17.2 Å². The van der Waals surface area contributed by atoms with Gasteiger partial charge in [0.1, 0.15) is 12.1 Å². The predicted molar refractivity (Wildman–Crippen MR) is 140 cm³/mol. The van der Waals surface area contributed by atoms with Gasteiger partial charge >= 0.3 is 6.03 Å². The Morgan fingerprint density at radius 3 is 2.54 bits per heavy atom. The molecular weight excluding hydrogens is 468 g/mol. The Morgan fingerprint density at radius 1 is 0.946 bits per heavy atom. The summed E-state index contributed by atoms with van der Waals surface area (Å²) in [4.78, 5) is 52.8. The molecule has 0 spiro atoms. The number of hydrogen-bond donors (Lipinski definition) is 3. The molecule has 0 aromatic heterocycles. The number of benzene rings is 3. The van der Waals surface area contributed by atoms with Gasteiger partial charge in [0.25, 0.3) is 11.8 Å². The van der Waals surface area contributed by atoms with Crippen molar-refractivity contribution in [2.24, 2.45) is 0 Å². The van der Waals surface area contributed by atoms with Crippen LogP contribution in [-0.4, -0.2) is 35.2 Å². The number of fused-ring (bicyclic) bond motifs is 1. The van der Waals surface area contributed by atoms with Crippen molar-refractivity contribution >= 4 is 35.1 Å². The number of para-hydroxylation sites is 1. The van der Waals surface area contributed by atoms with E-state index < -0.39 is 29.9 Å². The first-order chi connectivity index (χ1) is 17.7. The maximum absolute atomic E-state index is 13.3. The Hall–Kier alpha value is -4.46. The quantitative estimate of drug-likeness (QED) is 0.446. The Kier molecular flexibility index (Phi) is 6.25. The van der Waals surface area contributed by atoms with Crippen molar-refractivity contribution in [1.82, 2.24) is 10.2 Å². The molecule has 5 rings (SSSR count). The fourth-order valence-electron chi connectivity index (χ4n) is 4.96. The lowest BCUT2D eigenvalue weighted by Gasteiger charge is -2.23. The molecular formula is C29H28N4O4. The number of hydrogen-bond acceptors (Lipinski definition) is 4.